The van der Waals surface area contributed by atoms with E-state index in [1.54, 1.807) is 0 Å². The van der Waals surface area contributed by atoms with Crippen molar-refractivity contribution in [3.8, 4) is 0 Å². The summed E-state index contributed by atoms with van der Waals surface area (Å²) < 4.78 is 130. The van der Waals surface area contributed by atoms with E-state index in [0.29, 0.717) is 0 Å². The molecule has 11 aliphatic rings. The molecule has 129 heavy (non-hydrogen) atoms. The molecule has 0 aliphatic carbocycles. The Morgan fingerprint density at radius 2 is 0.388 bits per heavy atom. The van der Waals surface area contributed by atoms with Gasteiger partial charge in [0.2, 0.25) is 0 Å². The van der Waals surface area contributed by atoms with E-state index in [9.17, 15) is 179 Å². The van der Waals surface area contributed by atoms with Gasteiger partial charge in [0.25, 0.3) is 0 Å². The van der Waals surface area contributed by atoms with E-state index in [-0.39, 0.29) is 0 Å². The smallest absolute Gasteiger partial charge is 0.187 e. The molecule has 0 radical (unpaired) electrons. The molecule has 11 heterocycles. The van der Waals surface area contributed by atoms with Gasteiger partial charge in [-0.2, -0.15) is 0 Å². The monoisotopic (exact) mass is 1900 g/mol. The first-order valence-electron chi connectivity index (χ1n) is 41.6. The SMILES string of the molecule is C[C@H](O)[C@H](O)[C@@H](O[C@@H]1O[C@H](CO)[C@@H](O[C@@H]2O[C@@H](C)[C@H](O)[C@@H](O[C@@H]3O[C@H](CO)[C@@H](O[C@@H]4O[C@@H](C)[C@H](O)[C@@H](O[C@@H]5O[C@H](CO)[C@@H](O[C@@H]6O[C@@H](C)[C@H](O)[C@@H](O[C@@H]7O[C@H](CO)[C@@H](O)[C@H](O[C@@H]8O[C@H](CO)[C@H](O)[C@H](O)[C@H]8O)[C@H]7O)[C@H]6O)[C@H](O[C@@H]6O[C@H](CO)[C@H](O)[C@H](O)[C@H]6O)[C@H]5O)[C@H]4O)[C@H](O[C@@H]4O[C@H](CO)[C@H](O)[C@H](O)[C@H]4O)[C@H]3O)[C@H]2O)[C@H](O[C@@H]2O[C@H](CO)[C@H](O)[C@H](O)[C@H]2O)[C@H]1O)[C@@H](O)CO. The Morgan fingerprint density at radius 1 is 0.202 bits per heavy atom. The summed E-state index contributed by atoms with van der Waals surface area (Å²) in [6.45, 7) is -5.70. The fourth-order valence-corrected chi connectivity index (χ4v) is 16.8. The molecule has 754 valence electrons. The van der Waals surface area contributed by atoms with Gasteiger partial charge in [0, 0.05) is 0 Å². The summed E-state index contributed by atoms with van der Waals surface area (Å²) >= 11 is 0. The Hall–Kier alpha value is -2.28. The molecule has 59 atom stereocenters. The first-order valence-corrected chi connectivity index (χ1v) is 41.6. The molecule has 57 heteroatoms. The Labute approximate surface area is 730 Å². The van der Waals surface area contributed by atoms with Gasteiger partial charge in [-0.25, -0.2) is 0 Å². The minimum Gasteiger partial charge on any atom is -0.394 e. The van der Waals surface area contributed by atoms with Crippen molar-refractivity contribution < 1.29 is 283 Å². The number of ether oxygens (including phenoxy) is 22. The maximum absolute atomic E-state index is 12.6. The molecule has 0 unspecified atom stereocenters. The van der Waals surface area contributed by atoms with Crippen molar-refractivity contribution in [3.05, 3.63) is 0 Å². The van der Waals surface area contributed by atoms with Gasteiger partial charge in [-0.3, -0.25) is 0 Å². The van der Waals surface area contributed by atoms with Gasteiger partial charge in [0.05, 0.1) is 83.9 Å². The summed E-state index contributed by atoms with van der Waals surface area (Å²) in [6.07, 6.45) is -125. The summed E-state index contributed by atoms with van der Waals surface area (Å²) in [7, 11) is 0. The van der Waals surface area contributed by atoms with Gasteiger partial charge in [-0.1, -0.05) is 0 Å². The molecule has 35 N–H and O–H groups in total. The minimum atomic E-state index is -2.56. The topological polar surface area (TPSA) is 911 Å². The summed E-state index contributed by atoms with van der Waals surface area (Å²) in [5.41, 5.74) is 0. The maximum Gasteiger partial charge on any atom is 0.187 e. The highest BCUT2D eigenvalue weighted by Gasteiger charge is 2.63. The third kappa shape index (κ3) is 22.6. The average Bonchev–Trinajstić information content (AvgIpc) is 0.762. The third-order valence-electron chi connectivity index (χ3n) is 24.5. The van der Waals surface area contributed by atoms with Crippen LogP contribution in [0.4, 0.5) is 0 Å². The molecule has 11 rings (SSSR count). The van der Waals surface area contributed by atoms with Crippen LogP contribution in [0.15, 0.2) is 0 Å². The van der Waals surface area contributed by atoms with Crippen LogP contribution in [-0.4, -0.2) is 600 Å². The van der Waals surface area contributed by atoms with Gasteiger partial charge >= 0.3 is 0 Å². The molecular weight excluding hydrogens is 1780 g/mol. The molecule has 0 aromatic rings. The largest absolute Gasteiger partial charge is 0.394 e. The van der Waals surface area contributed by atoms with E-state index in [4.69, 9.17) is 104 Å². The number of hydrogen-bond donors (Lipinski definition) is 35. The quantitative estimate of drug-likeness (QED) is 0.0284. The first kappa shape index (κ1) is 107. The Morgan fingerprint density at radius 3 is 0.628 bits per heavy atom. The highest BCUT2D eigenvalue weighted by Crippen LogP contribution is 2.43. The summed E-state index contributed by atoms with van der Waals surface area (Å²) in [6, 6.07) is 0. The van der Waals surface area contributed by atoms with Crippen molar-refractivity contribution in [2.24, 2.45) is 0 Å². The van der Waals surface area contributed by atoms with Crippen LogP contribution >= 0.6 is 0 Å². The fraction of sp³-hybridized carbons (Fsp3) is 1.00. The lowest BCUT2D eigenvalue weighted by Gasteiger charge is -2.52. The second-order valence-corrected chi connectivity index (χ2v) is 33.3. The summed E-state index contributed by atoms with van der Waals surface area (Å²) in [4.78, 5) is 0. The second kappa shape index (κ2) is 46.2. The zero-order valence-corrected chi connectivity index (χ0v) is 69.1. The predicted molar refractivity (Wildman–Crippen MR) is 392 cm³/mol. The third-order valence-corrected chi connectivity index (χ3v) is 24.5. The van der Waals surface area contributed by atoms with Crippen LogP contribution in [0, 0.1) is 0 Å². The van der Waals surface area contributed by atoms with Crippen LogP contribution in [0.3, 0.4) is 0 Å². The molecule has 0 bridgehead atoms. The lowest BCUT2D eigenvalue weighted by Crippen LogP contribution is -2.70. The van der Waals surface area contributed by atoms with Crippen LogP contribution in [-0.2, 0) is 104 Å². The molecule has 0 spiro atoms. The lowest BCUT2D eigenvalue weighted by atomic mass is 9.94. The lowest BCUT2D eigenvalue weighted by molar-refractivity contribution is -0.414. The van der Waals surface area contributed by atoms with Crippen LogP contribution in [0.1, 0.15) is 27.7 Å². The fourth-order valence-electron chi connectivity index (χ4n) is 16.8. The molecule has 0 amide bonds. The zero-order valence-electron chi connectivity index (χ0n) is 69.1. The molecular formula is C72H124O57. The van der Waals surface area contributed by atoms with Crippen LogP contribution in [0.2, 0.25) is 0 Å². The van der Waals surface area contributed by atoms with E-state index in [1.165, 1.54) is 6.92 Å². The van der Waals surface area contributed by atoms with E-state index >= 15 is 0 Å². The summed E-state index contributed by atoms with van der Waals surface area (Å²) in [5, 5.41) is 389. The van der Waals surface area contributed by atoms with Crippen molar-refractivity contribution in [1.82, 2.24) is 0 Å². The Kier molecular flexibility index (Phi) is 38.4. The number of hydrogen-bond acceptors (Lipinski definition) is 57. The molecule has 11 fully saturated rings. The Balaban J connectivity index is 0.853. The maximum atomic E-state index is 12.6. The number of rotatable bonds is 34. The second-order valence-electron chi connectivity index (χ2n) is 33.3. The molecule has 0 aromatic carbocycles. The molecule has 11 saturated heterocycles. The van der Waals surface area contributed by atoms with E-state index in [0.717, 1.165) is 20.8 Å². The molecule has 57 nitrogen and oxygen atoms in total. The Bertz CT molecular complexity index is 3320. The zero-order chi connectivity index (χ0) is 95.0. The number of aliphatic hydroxyl groups is 35. The van der Waals surface area contributed by atoms with Crippen molar-refractivity contribution in [2.45, 2.75) is 390 Å². The molecule has 0 saturated carbocycles. The predicted octanol–water partition coefficient (Wildman–Crippen LogP) is -23.4. The van der Waals surface area contributed by atoms with Crippen molar-refractivity contribution in [3.63, 3.8) is 0 Å². The standard InChI is InChI=1S/C72H124O57/c1-14(82)27(84)51(18(83)5-73)119-70-48(105)59(127-63-41(98)37(94)32(89)20(7-75)112-63)52(24(11-79)116-70)120-67-45(102)56(29(86)16(3)109-67)124-72-50(107)61(129-65-43(100)39(96)34(91)22(9-77)114-65)54(26(13-81)118-72)122-68-46(103)57(30(87)17(4)110-68)125-71-49(106)60(128-64-42(99)38(95)33(90)21(8-76)113-64)53(25(12-80)117-71)121-66-44(101)55(28(85)15(2)108-66)123-69-47(104)58(35(92)23(10-78)115-69)126-62-40(97)36(93)31(88)19(6-74)111-62/h14-107H,5-13H2,1-4H3/t14-,15-,16-,17-,18-,19+,20+,21+,22+,23+,24+,25+,26+,27-,28-,29-,30-,31-,32-,33-,34-,35+,36-,37-,38-,39-,40+,41+,42+,43+,44+,45+,46+,47+,48+,49+,50+,51-,52+,53+,54+,55+,56+,57+,58-,59+,60+,61+,62-,63-,64-,65-,66-,67-,68-,69-,70-,71-,72-/m0/s1. The van der Waals surface area contributed by atoms with Crippen LogP contribution in [0.25, 0.3) is 0 Å². The van der Waals surface area contributed by atoms with Gasteiger partial charge in [-0.05, 0) is 27.7 Å². The van der Waals surface area contributed by atoms with Crippen molar-refractivity contribution >= 4 is 0 Å². The molecule has 0 aromatic heterocycles. The van der Waals surface area contributed by atoms with E-state index in [1.807, 2.05) is 0 Å². The normalized spacial score (nSPS) is 52.5. The van der Waals surface area contributed by atoms with Crippen molar-refractivity contribution in [1.29, 1.82) is 0 Å². The molecule has 11 aliphatic heterocycles. The van der Waals surface area contributed by atoms with Gasteiger partial charge < -0.3 is 283 Å². The number of aliphatic hydroxyl groups excluding tert-OH is 35. The highest BCUT2D eigenvalue weighted by molar-refractivity contribution is 5.05. The van der Waals surface area contributed by atoms with E-state index in [2.05, 4.69) is 0 Å². The van der Waals surface area contributed by atoms with Crippen LogP contribution in [0.5, 0.6) is 0 Å². The highest BCUT2D eigenvalue weighted by atomic mass is 16.8. The van der Waals surface area contributed by atoms with Gasteiger partial charge in [0.1, 0.15) is 269 Å². The van der Waals surface area contributed by atoms with Gasteiger partial charge in [-0.15, -0.1) is 0 Å². The van der Waals surface area contributed by atoms with Gasteiger partial charge in [0.15, 0.2) is 69.2 Å². The summed E-state index contributed by atoms with van der Waals surface area (Å²) in [5.74, 6) is 0. The van der Waals surface area contributed by atoms with Crippen molar-refractivity contribution in [2.75, 3.05) is 59.5 Å². The first-order chi connectivity index (χ1) is 61.0. The van der Waals surface area contributed by atoms with E-state index < -0.39 is 422 Å². The minimum absolute atomic E-state index is 0.945. The van der Waals surface area contributed by atoms with Crippen LogP contribution < -0.4 is 0 Å². The average molecular weight is 1900 g/mol.